The molecule has 14 heavy (non-hydrogen) atoms. The lowest BCUT2D eigenvalue weighted by Crippen LogP contribution is -2.34. The second-order valence-corrected chi connectivity index (χ2v) is 7.93. The molecular weight excluding hydrogens is 230 g/mol. The highest BCUT2D eigenvalue weighted by Crippen LogP contribution is 2.14. The molecule has 1 rings (SSSR count). The molecule has 1 saturated heterocycles. The molecule has 1 atom stereocenters. The van der Waals surface area contributed by atoms with Crippen LogP contribution in [0.2, 0.25) is 0 Å². The third-order valence-electron chi connectivity index (χ3n) is 1.88. The van der Waals surface area contributed by atoms with Gasteiger partial charge in [-0.25, -0.2) is 16.8 Å². The molecular formula is C6H13NO5S2. The van der Waals surface area contributed by atoms with Crippen LogP contribution in [0.5, 0.6) is 0 Å². The largest absolute Gasteiger partial charge is 0.392 e. The summed E-state index contributed by atoms with van der Waals surface area (Å²) in [4.78, 5) is 0. The summed E-state index contributed by atoms with van der Waals surface area (Å²) in [6.45, 7) is 0.191. The van der Waals surface area contributed by atoms with Crippen LogP contribution in [0.3, 0.4) is 0 Å². The van der Waals surface area contributed by atoms with Gasteiger partial charge in [-0.3, -0.25) is 0 Å². The number of sulfonamides is 1. The van der Waals surface area contributed by atoms with Crippen molar-refractivity contribution in [2.45, 2.75) is 12.5 Å². The fourth-order valence-electron chi connectivity index (χ4n) is 1.31. The highest BCUT2D eigenvalue weighted by Gasteiger charge is 2.32. The Morgan fingerprint density at radius 2 is 1.93 bits per heavy atom. The van der Waals surface area contributed by atoms with E-state index in [-0.39, 0.29) is 13.1 Å². The maximum atomic E-state index is 11.4. The van der Waals surface area contributed by atoms with Crippen LogP contribution in [0, 0.1) is 0 Å². The zero-order valence-electron chi connectivity index (χ0n) is 7.75. The molecule has 1 aliphatic rings. The molecule has 0 amide bonds. The topological polar surface area (TPSA) is 91.8 Å². The van der Waals surface area contributed by atoms with Crippen molar-refractivity contribution in [3.63, 3.8) is 0 Å². The van der Waals surface area contributed by atoms with Crippen molar-refractivity contribution >= 4 is 19.9 Å². The van der Waals surface area contributed by atoms with E-state index in [9.17, 15) is 16.8 Å². The molecule has 0 unspecified atom stereocenters. The smallest absolute Gasteiger partial charge is 0.228 e. The lowest BCUT2D eigenvalue weighted by molar-refractivity contribution is 0.189. The Labute approximate surface area is 83.5 Å². The van der Waals surface area contributed by atoms with Gasteiger partial charge in [0, 0.05) is 19.3 Å². The zero-order valence-corrected chi connectivity index (χ0v) is 9.38. The Morgan fingerprint density at radius 1 is 1.36 bits per heavy atom. The average Bonchev–Trinajstić information content (AvgIpc) is 2.29. The van der Waals surface area contributed by atoms with Crippen LogP contribution in [0.25, 0.3) is 0 Å². The summed E-state index contributed by atoms with van der Waals surface area (Å²) in [6.07, 6.45) is 0.560. The van der Waals surface area contributed by atoms with Crippen molar-refractivity contribution in [3.05, 3.63) is 0 Å². The molecule has 0 saturated carbocycles. The van der Waals surface area contributed by atoms with E-state index in [1.807, 2.05) is 0 Å². The van der Waals surface area contributed by atoms with E-state index < -0.39 is 31.0 Å². The predicted octanol–water partition coefficient (Wildman–Crippen LogP) is -1.62. The van der Waals surface area contributed by atoms with Gasteiger partial charge in [0.05, 0.1) is 6.10 Å². The quantitative estimate of drug-likeness (QED) is 0.643. The molecule has 1 fully saturated rings. The van der Waals surface area contributed by atoms with E-state index in [1.165, 1.54) is 0 Å². The van der Waals surface area contributed by atoms with Gasteiger partial charge in [0.1, 0.15) is 0 Å². The summed E-state index contributed by atoms with van der Waals surface area (Å²) in [6, 6.07) is 0. The van der Waals surface area contributed by atoms with Gasteiger partial charge in [-0.15, -0.1) is 0 Å². The molecule has 1 aliphatic heterocycles. The summed E-state index contributed by atoms with van der Waals surface area (Å²) < 4.78 is 45.5. The van der Waals surface area contributed by atoms with Gasteiger partial charge < -0.3 is 5.11 Å². The molecule has 0 bridgehead atoms. The van der Waals surface area contributed by atoms with Crippen molar-refractivity contribution in [2.24, 2.45) is 0 Å². The normalized spacial score (nSPS) is 25.4. The molecule has 0 aromatic heterocycles. The number of rotatable bonds is 3. The number of aliphatic hydroxyl groups is 1. The van der Waals surface area contributed by atoms with Gasteiger partial charge in [0.15, 0.2) is 14.9 Å². The Balaban J connectivity index is 2.77. The van der Waals surface area contributed by atoms with Gasteiger partial charge in [-0.05, 0) is 6.42 Å². The first-order chi connectivity index (χ1) is 6.21. The van der Waals surface area contributed by atoms with E-state index in [0.29, 0.717) is 6.42 Å². The Morgan fingerprint density at radius 3 is 2.29 bits per heavy atom. The van der Waals surface area contributed by atoms with Crippen LogP contribution in [0.4, 0.5) is 0 Å². The van der Waals surface area contributed by atoms with Crippen LogP contribution >= 0.6 is 0 Å². The number of aliphatic hydroxyl groups excluding tert-OH is 1. The van der Waals surface area contributed by atoms with Gasteiger partial charge >= 0.3 is 0 Å². The van der Waals surface area contributed by atoms with Crippen LogP contribution in [-0.2, 0) is 19.9 Å². The summed E-state index contributed by atoms with van der Waals surface area (Å²) in [5.41, 5.74) is 0. The molecule has 0 aromatic carbocycles. The fraction of sp³-hybridized carbons (Fsp3) is 1.00. The van der Waals surface area contributed by atoms with E-state index in [1.54, 1.807) is 0 Å². The Hall–Kier alpha value is -0.180. The van der Waals surface area contributed by atoms with Crippen molar-refractivity contribution in [3.8, 4) is 0 Å². The molecule has 8 heteroatoms. The Bertz CT molecular complexity index is 398. The lowest BCUT2D eigenvalue weighted by atomic mass is 10.3. The first kappa shape index (κ1) is 11.9. The molecule has 0 spiro atoms. The minimum atomic E-state index is -3.77. The van der Waals surface area contributed by atoms with Crippen molar-refractivity contribution in [1.82, 2.24) is 4.31 Å². The average molecular weight is 243 g/mol. The fourth-order valence-corrected chi connectivity index (χ4v) is 4.85. The summed E-state index contributed by atoms with van der Waals surface area (Å²) >= 11 is 0. The minimum absolute atomic E-state index is 0.00213. The number of nitrogens with zero attached hydrogens (tertiary/aromatic N) is 1. The molecule has 1 N–H and O–H groups in total. The number of hydrogen-bond donors (Lipinski definition) is 1. The summed E-state index contributed by atoms with van der Waals surface area (Å²) in [7, 11) is -7.31. The zero-order chi connectivity index (χ0) is 11.0. The van der Waals surface area contributed by atoms with Crippen LogP contribution < -0.4 is 0 Å². The van der Waals surface area contributed by atoms with Crippen LogP contribution in [0.15, 0.2) is 0 Å². The van der Waals surface area contributed by atoms with Crippen LogP contribution in [0.1, 0.15) is 6.42 Å². The van der Waals surface area contributed by atoms with Crippen molar-refractivity contribution in [1.29, 1.82) is 0 Å². The van der Waals surface area contributed by atoms with Gasteiger partial charge in [-0.2, -0.15) is 4.31 Å². The summed E-state index contributed by atoms with van der Waals surface area (Å²) in [5, 5.41) is 8.22. The van der Waals surface area contributed by atoms with E-state index >= 15 is 0 Å². The van der Waals surface area contributed by atoms with E-state index in [2.05, 4.69) is 0 Å². The van der Waals surface area contributed by atoms with Crippen molar-refractivity contribution in [2.75, 3.05) is 24.4 Å². The SMILES string of the molecule is CS(=O)(=O)CS(=O)(=O)N1CC[C@H](O)C1. The lowest BCUT2D eigenvalue weighted by Gasteiger charge is -2.14. The third kappa shape index (κ3) is 3.19. The predicted molar refractivity (Wildman–Crippen MR) is 50.8 cm³/mol. The minimum Gasteiger partial charge on any atom is -0.392 e. The first-order valence-electron chi connectivity index (χ1n) is 4.04. The standard InChI is InChI=1S/C6H13NO5S2/c1-13(9,10)5-14(11,12)7-3-2-6(8)4-7/h6,8H,2-5H2,1H3/t6-/m0/s1. The maximum absolute atomic E-state index is 11.4. The Kier molecular flexibility index (Phi) is 3.20. The number of β-amino-alcohol motifs (C(OH)–C–C–N with tert-alkyl or cyclic N) is 1. The first-order valence-corrected chi connectivity index (χ1v) is 7.71. The molecule has 0 aliphatic carbocycles. The molecule has 0 aromatic rings. The van der Waals surface area contributed by atoms with Gasteiger partial charge in [-0.1, -0.05) is 0 Å². The monoisotopic (exact) mass is 243 g/mol. The summed E-state index contributed by atoms with van der Waals surface area (Å²) in [5.74, 6) is 0. The highest BCUT2D eigenvalue weighted by atomic mass is 32.3. The highest BCUT2D eigenvalue weighted by molar-refractivity contribution is 8.06. The third-order valence-corrected chi connectivity index (χ3v) is 5.90. The van der Waals surface area contributed by atoms with E-state index in [0.717, 1.165) is 10.6 Å². The van der Waals surface area contributed by atoms with E-state index in [4.69, 9.17) is 5.11 Å². The second kappa shape index (κ2) is 3.76. The van der Waals surface area contributed by atoms with Gasteiger partial charge in [0.2, 0.25) is 10.0 Å². The molecule has 6 nitrogen and oxygen atoms in total. The molecule has 0 radical (unpaired) electrons. The van der Waals surface area contributed by atoms with Gasteiger partial charge in [0.25, 0.3) is 0 Å². The van der Waals surface area contributed by atoms with Crippen molar-refractivity contribution < 1.29 is 21.9 Å². The maximum Gasteiger partial charge on any atom is 0.228 e. The second-order valence-electron chi connectivity index (χ2n) is 3.46. The number of hydrogen-bond acceptors (Lipinski definition) is 5. The van der Waals surface area contributed by atoms with Crippen LogP contribution in [-0.4, -0.2) is 56.8 Å². The molecule has 1 heterocycles. The number of sulfone groups is 1. The molecule has 84 valence electrons.